The lowest BCUT2D eigenvalue weighted by atomic mass is 9.99. The van der Waals surface area contributed by atoms with Crippen LogP contribution in [0.5, 0.6) is 0 Å². The molecule has 10 heteroatoms. The van der Waals surface area contributed by atoms with Crippen molar-refractivity contribution >= 4 is 23.1 Å². The van der Waals surface area contributed by atoms with E-state index < -0.39 is 11.7 Å². The van der Waals surface area contributed by atoms with Gasteiger partial charge >= 0.3 is 0 Å². The lowest BCUT2D eigenvalue weighted by Crippen LogP contribution is -2.37. The molecule has 1 aliphatic carbocycles. The Morgan fingerprint density at radius 3 is 2.67 bits per heavy atom. The second kappa shape index (κ2) is 8.41. The number of anilines is 2. The minimum Gasteiger partial charge on any atom is -0.435 e. The van der Waals surface area contributed by atoms with E-state index in [4.69, 9.17) is 9.15 Å². The molecule has 1 amide bonds. The van der Waals surface area contributed by atoms with Crippen LogP contribution in [-0.2, 0) is 10.2 Å². The fourth-order valence-electron chi connectivity index (χ4n) is 4.57. The van der Waals surface area contributed by atoms with Crippen LogP contribution in [-0.4, -0.2) is 51.8 Å². The lowest BCUT2D eigenvalue weighted by Gasteiger charge is -2.29. The van der Waals surface area contributed by atoms with Gasteiger partial charge in [0, 0.05) is 18.5 Å². The molecule has 1 aliphatic heterocycles. The van der Waals surface area contributed by atoms with E-state index in [2.05, 4.69) is 25.3 Å². The summed E-state index contributed by atoms with van der Waals surface area (Å²) in [5, 5.41) is 7.22. The molecule has 0 unspecified atom stereocenters. The van der Waals surface area contributed by atoms with Crippen molar-refractivity contribution in [3.63, 3.8) is 0 Å². The zero-order valence-corrected chi connectivity index (χ0v) is 20.5. The monoisotopic (exact) mass is 490 g/mol. The van der Waals surface area contributed by atoms with Crippen LogP contribution in [0.3, 0.4) is 0 Å². The van der Waals surface area contributed by atoms with Gasteiger partial charge in [0.25, 0.3) is 5.91 Å². The Morgan fingerprint density at radius 2 is 1.92 bits per heavy atom. The van der Waals surface area contributed by atoms with Crippen molar-refractivity contribution in [2.75, 3.05) is 36.5 Å². The molecular weight excluding hydrogens is 463 g/mol. The molecule has 3 aromatic heterocycles. The summed E-state index contributed by atoms with van der Waals surface area (Å²) in [6.07, 6.45) is 3.36. The highest BCUT2D eigenvalue weighted by Crippen LogP contribution is 2.47. The van der Waals surface area contributed by atoms with E-state index in [0.29, 0.717) is 30.6 Å². The summed E-state index contributed by atoms with van der Waals surface area (Å²) in [5.41, 5.74) is 3.05. The van der Waals surface area contributed by atoms with Crippen LogP contribution in [0.15, 0.2) is 34.9 Å². The topological polar surface area (TPSA) is 97.8 Å². The molecule has 1 aromatic carbocycles. The summed E-state index contributed by atoms with van der Waals surface area (Å²) in [5.74, 6) is 1.11. The van der Waals surface area contributed by atoms with E-state index in [1.165, 1.54) is 12.3 Å². The summed E-state index contributed by atoms with van der Waals surface area (Å²) >= 11 is 0. The standard InChI is InChI=1S/C26H27FN6O3/c1-15-10-19(27)20(30-24(34)21-14-28-25(36-21)26(3)4-5-26)13-18(15)17-11-22-29-16(2)31-33(22)23(12-17)32-6-8-35-9-7-32/h10-14H,4-9H2,1-3H3,(H,30,34). The minimum atomic E-state index is -0.538. The van der Waals surface area contributed by atoms with Gasteiger partial charge in [0.2, 0.25) is 11.7 Å². The molecule has 9 nitrogen and oxygen atoms in total. The van der Waals surface area contributed by atoms with Crippen molar-refractivity contribution in [1.82, 2.24) is 19.6 Å². The smallest absolute Gasteiger partial charge is 0.293 e. The summed E-state index contributed by atoms with van der Waals surface area (Å²) in [4.78, 5) is 23.9. The average molecular weight is 491 g/mol. The number of aromatic nitrogens is 4. The maximum absolute atomic E-state index is 14.9. The number of benzene rings is 1. The average Bonchev–Trinajstić information content (AvgIpc) is 3.26. The van der Waals surface area contributed by atoms with Gasteiger partial charge in [-0.25, -0.2) is 14.4 Å². The van der Waals surface area contributed by atoms with Gasteiger partial charge in [-0.3, -0.25) is 4.79 Å². The molecule has 0 radical (unpaired) electrons. The highest BCUT2D eigenvalue weighted by molar-refractivity contribution is 6.02. The van der Waals surface area contributed by atoms with E-state index in [9.17, 15) is 9.18 Å². The Kier molecular flexibility index (Phi) is 5.29. The van der Waals surface area contributed by atoms with E-state index in [0.717, 1.165) is 48.4 Å². The second-order valence-corrected chi connectivity index (χ2v) is 9.82. The fourth-order valence-corrected chi connectivity index (χ4v) is 4.57. The second-order valence-electron chi connectivity index (χ2n) is 9.82. The number of hydrogen-bond acceptors (Lipinski definition) is 7. The number of hydrogen-bond donors (Lipinski definition) is 1. The third-order valence-electron chi connectivity index (χ3n) is 6.98. The first-order chi connectivity index (χ1) is 17.3. The number of oxazole rings is 1. The number of morpholine rings is 1. The van der Waals surface area contributed by atoms with Crippen molar-refractivity contribution in [2.45, 2.75) is 39.0 Å². The molecule has 1 saturated heterocycles. The predicted molar refractivity (Wildman–Crippen MR) is 132 cm³/mol. The molecule has 0 bridgehead atoms. The number of amides is 1. The maximum Gasteiger partial charge on any atom is 0.293 e. The Bertz CT molecular complexity index is 1480. The SMILES string of the molecule is Cc1nc2cc(-c3cc(NC(=O)c4cnc(C5(C)CC5)o4)c(F)cc3C)cc(N3CCOCC3)n2n1. The molecule has 2 aliphatic rings. The van der Waals surface area contributed by atoms with Crippen molar-refractivity contribution in [3.8, 4) is 11.1 Å². The number of ether oxygens (including phenoxy) is 1. The largest absolute Gasteiger partial charge is 0.435 e. The van der Waals surface area contributed by atoms with Gasteiger partial charge in [-0.15, -0.1) is 5.10 Å². The predicted octanol–water partition coefficient (Wildman–Crippen LogP) is 4.28. The first kappa shape index (κ1) is 22.7. The maximum atomic E-state index is 14.9. The van der Waals surface area contributed by atoms with Gasteiger partial charge in [-0.1, -0.05) is 6.92 Å². The molecule has 0 spiro atoms. The van der Waals surface area contributed by atoms with Crippen molar-refractivity contribution in [2.24, 2.45) is 0 Å². The zero-order valence-electron chi connectivity index (χ0n) is 20.5. The Labute approximate surface area is 207 Å². The third-order valence-corrected chi connectivity index (χ3v) is 6.98. The van der Waals surface area contributed by atoms with Crippen LogP contribution < -0.4 is 10.2 Å². The van der Waals surface area contributed by atoms with Gasteiger partial charge in [0.1, 0.15) is 17.5 Å². The van der Waals surface area contributed by atoms with E-state index in [1.54, 1.807) is 6.07 Å². The molecule has 186 valence electrons. The van der Waals surface area contributed by atoms with Gasteiger partial charge < -0.3 is 19.4 Å². The number of aryl methyl sites for hydroxylation is 2. The summed E-state index contributed by atoms with van der Waals surface area (Å²) in [7, 11) is 0. The van der Waals surface area contributed by atoms with Gasteiger partial charge in [-0.05, 0) is 67.6 Å². The lowest BCUT2D eigenvalue weighted by molar-refractivity contribution is 0.0993. The molecule has 4 heterocycles. The van der Waals surface area contributed by atoms with Crippen LogP contribution in [0.4, 0.5) is 15.9 Å². The minimum absolute atomic E-state index is 0.0645. The van der Waals surface area contributed by atoms with Crippen molar-refractivity contribution < 1.29 is 18.3 Å². The van der Waals surface area contributed by atoms with Gasteiger partial charge in [-0.2, -0.15) is 4.52 Å². The first-order valence-electron chi connectivity index (χ1n) is 12.1. The highest BCUT2D eigenvalue weighted by atomic mass is 19.1. The molecule has 36 heavy (non-hydrogen) atoms. The van der Waals surface area contributed by atoms with E-state index in [-0.39, 0.29) is 16.9 Å². The number of rotatable bonds is 5. The molecule has 2 fully saturated rings. The number of nitrogens with zero attached hydrogens (tertiary/aromatic N) is 5. The fraction of sp³-hybridized carbons (Fsp3) is 0.385. The quantitative estimate of drug-likeness (QED) is 0.446. The van der Waals surface area contributed by atoms with Crippen LogP contribution in [0, 0.1) is 19.7 Å². The van der Waals surface area contributed by atoms with Crippen LogP contribution in [0.1, 0.15) is 47.6 Å². The normalized spacial score (nSPS) is 16.9. The molecule has 0 atom stereocenters. The molecular formula is C26H27FN6O3. The molecule has 1 saturated carbocycles. The van der Waals surface area contributed by atoms with E-state index in [1.807, 2.05) is 37.4 Å². The summed E-state index contributed by atoms with van der Waals surface area (Å²) in [6.45, 7) is 8.48. The van der Waals surface area contributed by atoms with Crippen LogP contribution >= 0.6 is 0 Å². The highest BCUT2D eigenvalue weighted by Gasteiger charge is 2.44. The van der Waals surface area contributed by atoms with Crippen molar-refractivity contribution in [1.29, 1.82) is 0 Å². The number of fused-ring (bicyclic) bond motifs is 1. The van der Waals surface area contributed by atoms with Crippen LogP contribution in [0.25, 0.3) is 16.8 Å². The summed E-state index contributed by atoms with van der Waals surface area (Å²) < 4.78 is 28.0. The number of nitrogens with one attached hydrogen (secondary N) is 1. The zero-order chi connectivity index (χ0) is 25.0. The third kappa shape index (κ3) is 4.01. The Hall–Kier alpha value is -3.79. The van der Waals surface area contributed by atoms with Gasteiger partial charge in [0.15, 0.2) is 5.65 Å². The number of pyridine rings is 1. The molecule has 4 aromatic rings. The number of halogens is 1. The summed E-state index contributed by atoms with van der Waals surface area (Å²) in [6, 6.07) is 7.03. The van der Waals surface area contributed by atoms with Gasteiger partial charge in [0.05, 0.1) is 25.1 Å². The van der Waals surface area contributed by atoms with Crippen LogP contribution in [0.2, 0.25) is 0 Å². The first-order valence-corrected chi connectivity index (χ1v) is 12.1. The number of carbonyl (C=O) groups is 1. The Balaban J connectivity index is 1.36. The van der Waals surface area contributed by atoms with Crippen molar-refractivity contribution in [3.05, 3.63) is 59.3 Å². The Morgan fingerprint density at radius 1 is 1.14 bits per heavy atom. The number of carbonyl (C=O) groups excluding carboxylic acids is 1. The molecule has 6 rings (SSSR count). The molecule has 1 N–H and O–H groups in total. The van der Waals surface area contributed by atoms with E-state index >= 15 is 0 Å².